The van der Waals surface area contributed by atoms with E-state index >= 15 is 0 Å². The molecule has 0 atom stereocenters. The summed E-state index contributed by atoms with van der Waals surface area (Å²) in [4.78, 5) is 25.1. The maximum atomic E-state index is 12.6. The standard InChI is InChI=1S/C21H19N7O/c22-21-17(6-2-7-23-21)24-12-16-5-1-4-15(10-16)11-19(29)18-13-26-20(14-25-18)28-9-3-8-27-28/h1-10,13-14,24H,11-12H2,(H2,22,23). The number of rotatable bonds is 7. The van der Waals surface area contributed by atoms with E-state index in [-0.39, 0.29) is 12.2 Å². The van der Waals surface area contributed by atoms with Gasteiger partial charge in [0.15, 0.2) is 11.6 Å². The van der Waals surface area contributed by atoms with E-state index in [2.05, 4.69) is 25.4 Å². The third kappa shape index (κ3) is 4.44. The molecule has 0 saturated carbocycles. The first-order valence-electron chi connectivity index (χ1n) is 9.06. The zero-order valence-electron chi connectivity index (χ0n) is 15.6. The first kappa shape index (κ1) is 18.3. The molecule has 0 aliphatic carbocycles. The van der Waals surface area contributed by atoms with Gasteiger partial charge in [0.05, 0.1) is 18.1 Å². The van der Waals surface area contributed by atoms with Crippen molar-refractivity contribution in [3.05, 3.63) is 90.3 Å². The minimum atomic E-state index is -0.0915. The van der Waals surface area contributed by atoms with Crippen molar-refractivity contribution in [2.24, 2.45) is 0 Å². The lowest BCUT2D eigenvalue weighted by molar-refractivity contribution is 0.0988. The normalized spacial score (nSPS) is 10.6. The van der Waals surface area contributed by atoms with Crippen molar-refractivity contribution < 1.29 is 4.79 Å². The summed E-state index contributed by atoms with van der Waals surface area (Å²) in [6, 6.07) is 13.3. The highest BCUT2D eigenvalue weighted by molar-refractivity contribution is 5.95. The topological polar surface area (TPSA) is 112 Å². The van der Waals surface area contributed by atoms with Gasteiger partial charge in [0.1, 0.15) is 11.5 Å². The van der Waals surface area contributed by atoms with Gasteiger partial charge in [-0.25, -0.2) is 19.6 Å². The number of Topliss-reactive ketones (excluding diaryl/α,β-unsaturated/α-hetero) is 1. The van der Waals surface area contributed by atoms with Gasteiger partial charge in [0, 0.05) is 31.6 Å². The van der Waals surface area contributed by atoms with Gasteiger partial charge in [-0.3, -0.25) is 4.79 Å². The monoisotopic (exact) mass is 385 g/mol. The molecule has 0 radical (unpaired) electrons. The Hall–Kier alpha value is -4.07. The highest BCUT2D eigenvalue weighted by atomic mass is 16.1. The predicted molar refractivity (Wildman–Crippen MR) is 110 cm³/mol. The smallest absolute Gasteiger partial charge is 0.187 e. The number of nitrogens with two attached hydrogens (primary N) is 1. The van der Waals surface area contributed by atoms with Gasteiger partial charge in [0.2, 0.25) is 0 Å². The van der Waals surface area contributed by atoms with Crippen LogP contribution in [0.2, 0.25) is 0 Å². The minimum Gasteiger partial charge on any atom is -0.382 e. The van der Waals surface area contributed by atoms with Crippen LogP contribution >= 0.6 is 0 Å². The molecule has 0 saturated heterocycles. The second kappa shape index (κ2) is 8.30. The lowest BCUT2D eigenvalue weighted by Crippen LogP contribution is -2.09. The quantitative estimate of drug-likeness (QED) is 0.470. The van der Waals surface area contributed by atoms with E-state index in [0.717, 1.165) is 16.8 Å². The van der Waals surface area contributed by atoms with Crippen LogP contribution in [0.5, 0.6) is 0 Å². The van der Waals surface area contributed by atoms with Crippen LogP contribution < -0.4 is 11.1 Å². The molecule has 0 unspecified atom stereocenters. The fourth-order valence-electron chi connectivity index (χ4n) is 2.88. The summed E-state index contributed by atoms with van der Waals surface area (Å²) in [5.74, 6) is 0.927. The molecule has 0 bridgehead atoms. The van der Waals surface area contributed by atoms with Gasteiger partial charge in [-0.1, -0.05) is 24.3 Å². The summed E-state index contributed by atoms with van der Waals surface area (Å²) in [6.45, 7) is 0.580. The first-order chi connectivity index (χ1) is 14.2. The van der Waals surface area contributed by atoms with Crippen LogP contribution in [0.4, 0.5) is 11.5 Å². The lowest BCUT2D eigenvalue weighted by Gasteiger charge is -2.09. The largest absolute Gasteiger partial charge is 0.382 e. The van der Waals surface area contributed by atoms with Gasteiger partial charge in [-0.05, 0) is 29.3 Å². The van der Waals surface area contributed by atoms with Gasteiger partial charge in [-0.2, -0.15) is 5.10 Å². The Morgan fingerprint density at radius 3 is 2.66 bits per heavy atom. The molecule has 0 aliphatic rings. The zero-order chi connectivity index (χ0) is 20.1. The number of carbonyl (C=O) groups is 1. The number of carbonyl (C=O) groups excluding carboxylic acids is 1. The van der Waals surface area contributed by atoms with E-state index in [4.69, 9.17) is 5.73 Å². The highest BCUT2D eigenvalue weighted by Gasteiger charge is 2.11. The number of hydrogen-bond donors (Lipinski definition) is 2. The minimum absolute atomic E-state index is 0.0915. The molecule has 0 amide bonds. The second-order valence-corrected chi connectivity index (χ2v) is 6.42. The summed E-state index contributed by atoms with van der Waals surface area (Å²) in [5.41, 5.74) is 8.90. The molecule has 144 valence electrons. The Kier molecular flexibility index (Phi) is 5.24. The van der Waals surface area contributed by atoms with Crippen molar-refractivity contribution in [2.75, 3.05) is 11.1 Å². The third-order valence-electron chi connectivity index (χ3n) is 4.34. The molecule has 4 rings (SSSR count). The van der Waals surface area contributed by atoms with Crippen molar-refractivity contribution in [2.45, 2.75) is 13.0 Å². The van der Waals surface area contributed by atoms with Crippen LogP contribution in [0.25, 0.3) is 5.82 Å². The number of benzene rings is 1. The number of pyridine rings is 1. The Labute approximate surface area is 167 Å². The summed E-state index contributed by atoms with van der Waals surface area (Å²) >= 11 is 0. The summed E-state index contributed by atoms with van der Waals surface area (Å²) < 4.78 is 1.59. The number of nitrogen functional groups attached to an aromatic ring is 1. The first-order valence-corrected chi connectivity index (χ1v) is 9.06. The van der Waals surface area contributed by atoms with Crippen molar-refractivity contribution in [1.82, 2.24) is 24.7 Å². The molecule has 8 heteroatoms. The Bertz CT molecular complexity index is 1110. The molecular weight excluding hydrogens is 366 g/mol. The molecule has 3 heterocycles. The molecule has 0 fully saturated rings. The van der Waals surface area contributed by atoms with E-state index < -0.39 is 0 Å². The number of hydrogen-bond acceptors (Lipinski definition) is 7. The Morgan fingerprint density at radius 1 is 1.00 bits per heavy atom. The van der Waals surface area contributed by atoms with Crippen LogP contribution in [-0.4, -0.2) is 30.5 Å². The third-order valence-corrected chi connectivity index (χ3v) is 4.34. The van der Waals surface area contributed by atoms with Crippen LogP contribution in [0, 0.1) is 0 Å². The van der Waals surface area contributed by atoms with E-state index in [9.17, 15) is 4.79 Å². The van der Waals surface area contributed by atoms with Gasteiger partial charge >= 0.3 is 0 Å². The van der Waals surface area contributed by atoms with Gasteiger partial charge < -0.3 is 11.1 Å². The van der Waals surface area contributed by atoms with Crippen LogP contribution in [-0.2, 0) is 13.0 Å². The van der Waals surface area contributed by atoms with Crippen LogP contribution in [0.15, 0.2) is 73.4 Å². The molecular formula is C21H19N7O. The van der Waals surface area contributed by atoms with E-state index in [1.54, 1.807) is 35.5 Å². The van der Waals surface area contributed by atoms with Crippen molar-refractivity contribution in [3.63, 3.8) is 0 Å². The number of aromatic nitrogens is 5. The highest BCUT2D eigenvalue weighted by Crippen LogP contribution is 2.16. The van der Waals surface area contributed by atoms with Gasteiger partial charge in [0.25, 0.3) is 0 Å². The Morgan fingerprint density at radius 2 is 1.90 bits per heavy atom. The van der Waals surface area contributed by atoms with E-state index in [1.807, 2.05) is 36.4 Å². The van der Waals surface area contributed by atoms with Gasteiger partial charge in [-0.15, -0.1) is 0 Å². The summed E-state index contributed by atoms with van der Waals surface area (Å²) in [6.07, 6.45) is 8.35. The molecule has 3 N–H and O–H groups in total. The van der Waals surface area contributed by atoms with E-state index in [1.165, 1.54) is 6.20 Å². The molecule has 1 aromatic carbocycles. The fraction of sp³-hybridized carbons (Fsp3) is 0.0952. The Balaban J connectivity index is 1.41. The molecule has 0 spiro atoms. The molecule has 4 aromatic rings. The summed E-state index contributed by atoms with van der Waals surface area (Å²) in [5, 5.41) is 7.35. The van der Waals surface area contributed by atoms with E-state index in [0.29, 0.717) is 23.9 Å². The maximum absolute atomic E-state index is 12.6. The van der Waals surface area contributed by atoms with Crippen molar-refractivity contribution in [3.8, 4) is 5.82 Å². The number of nitrogens with zero attached hydrogens (tertiary/aromatic N) is 5. The number of ketones is 1. The lowest BCUT2D eigenvalue weighted by atomic mass is 10.0. The van der Waals surface area contributed by atoms with Crippen molar-refractivity contribution >= 4 is 17.3 Å². The average molecular weight is 385 g/mol. The maximum Gasteiger partial charge on any atom is 0.187 e. The number of nitrogens with one attached hydrogen (secondary N) is 1. The fourth-order valence-corrected chi connectivity index (χ4v) is 2.88. The zero-order valence-corrected chi connectivity index (χ0v) is 15.6. The number of anilines is 2. The van der Waals surface area contributed by atoms with Crippen LogP contribution in [0.1, 0.15) is 21.6 Å². The molecule has 0 aliphatic heterocycles. The second-order valence-electron chi connectivity index (χ2n) is 6.42. The average Bonchev–Trinajstić information content (AvgIpc) is 3.28. The summed E-state index contributed by atoms with van der Waals surface area (Å²) in [7, 11) is 0. The van der Waals surface area contributed by atoms with Crippen molar-refractivity contribution in [1.29, 1.82) is 0 Å². The molecule has 29 heavy (non-hydrogen) atoms. The molecule has 8 nitrogen and oxygen atoms in total. The SMILES string of the molecule is Nc1ncccc1NCc1cccc(CC(=O)c2cnc(-n3cccn3)cn2)c1. The molecule has 3 aromatic heterocycles. The van der Waals surface area contributed by atoms with Crippen LogP contribution in [0.3, 0.4) is 0 Å². The predicted octanol–water partition coefficient (Wildman–Crippen LogP) is 2.68.